The Balaban J connectivity index is 2.22. The number of halogens is 4. The normalized spacial score (nSPS) is 11.2. The van der Waals surface area contributed by atoms with Crippen LogP contribution in [-0.2, 0) is 0 Å². The second kappa shape index (κ2) is 5.32. The summed E-state index contributed by atoms with van der Waals surface area (Å²) < 4.78 is 53.1. The zero-order valence-corrected chi connectivity index (χ0v) is 9.95. The molecule has 2 aromatic carbocycles. The molecule has 20 heavy (non-hydrogen) atoms. The highest BCUT2D eigenvalue weighted by molar-refractivity contribution is 6.09. The third-order valence-corrected chi connectivity index (χ3v) is 2.47. The van der Waals surface area contributed by atoms with Crippen molar-refractivity contribution in [2.45, 2.75) is 6.36 Å². The van der Waals surface area contributed by atoms with E-state index in [0.29, 0.717) is 0 Å². The molecular formula is C14H8F4O2. The van der Waals surface area contributed by atoms with Crippen LogP contribution in [0.1, 0.15) is 15.9 Å². The molecule has 0 heterocycles. The lowest BCUT2D eigenvalue weighted by Gasteiger charge is -2.09. The molecule has 0 aliphatic rings. The number of hydrogen-bond acceptors (Lipinski definition) is 2. The smallest absolute Gasteiger partial charge is 0.406 e. The maximum absolute atomic E-state index is 13.4. The maximum Gasteiger partial charge on any atom is 0.573 e. The topological polar surface area (TPSA) is 26.3 Å². The number of carbonyl (C=O) groups is 1. The molecule has 2 aromatic rings. The second-order valence-corrected chi connectivity index (χ2v) is 3.88. The van der Waals surface area contributed by atoms with E-state index in [-0.39, 0.29) is 11.1 Å². The fraction of sp³-hybridized carbons (Fsp3) is 0.0714. The van der Waals surface area contributed by atoms with E-state index in [4.69, 9.17) is 0 Å². The molecule has 104 valence electrons. The van der Waals surface area contributed by atoms with E-state index in [1.54, 1.807) is 0 Å². The van der Waals surface area contributed by atoms with Gasteiger partial charge >= 0.3 is 6.36 Å². The zero-order chi connectivity index (χ0) is 14.8. The van der Waals surface area contributed by atoms with Crippen LogP contribution in [0.25, 0.3) is 0 Å². The van der Waals surface area contributed by atoms with Crippen LogP contribution in [0, 0.1) is 5.82 Å². The molecule has 0 aromatic heterocycles. The van der Waals surface area contributed by atoms with E-state index in [1.165, 1.54) is 18.2 Å². The van der Waals surface area contributed by atoms with E-state index in [9.17, 15) is 22.4 Å². The third kappa shape index (κ3) is 3.34. The van der Waals surface area contributed by atoms with Crippen molar-refractivity contribution >= 4 is 5.78 Å². The van der Waals surface area contributed by atoms with Gasteiger partial charge in [-0.2, -0.15) is 0 Å². The van der Waals surface area contributed by atoms with E-state index in [0.717, 1.165) is 30.3 Å². The fourth-order valence-electron chi connectivity index (χ4n) is 1.61. The van der Waals surface area contributed by atoms with Gasteiger partial charge in [-0.25, -0.2) is 4.39 Å². The van der Waals surface area contributed by atoms with Crippen LogP contribution in [0.15, 0.2) is 48.5 Å². The molecule has 0 unspecified atom stereocenters. The first-order valence-corrected chi connectivity index (χ1v) is 5.52. The summed E-state index contributed by atoms with van der Waals surface area (Å²) in [5.74, 6) is -1.74. The van der Waals surface area contributed by atoms with Gasteiger partial charge in [0.15, 0.2) is 5.78 Å². The highest BCUT2D eigenvalue weighted by Crippen LogP contribution is 2.23. The van der Waals surface area contributed by atoms with Crippen molar-refractivity contribution in [1.29, 1.82) is 0 Å². The summed E-state index contributed by atoms with van der Waals surface area (Å²) in [6.45, 7) is 0. The van der Waals surface area contributed by atoms with Gasteiger partial charge in [-0.3, -0.25) is 4.79 Å². The van der Waals surface area contributed by atoms with Crippen LogP contribution in [0.5, 0.6) is 5.75 Å². The summed E-state index contributed by atoms with van der Waals surface area (Å²) in [6, 6.07) is 9.67. The van der Waals surface area contributed by atoms with E-state index >= 15 is 0 Å². The largest absolute Gasteiger partial charge is 0.573 e. The van der Waals surface area contributed by atoms with Crippen molar-refractivity contribution in [3.63, 3.8) is 0 Å². The Morgan fingerprint density at radius 2 is 1.55 bits per heavy atom. The quantitative estimate of drug-likeness (QED) is 0.630. The minimum Gasteiger partial charge on any atom is -0.406 e. The number of alkyl halides is 3. The standard InChI is InChI=1S/C14H8F4O2/c15-12-4-2-1-3-11(12)13(19)9-5-7-10(8-6-9)20-14(16,17)18/h1-8H. The van der Waals surface area contributed by atoms with E-state index in [1.807, 2.05) is 0 Å². The number of ketones is 1. The lowest BCUT2D eigenvalue weighted by atomic mass is 10.0. The molecule has 6 heteroatoms. The molecule has 0 saturated carbocycles. The van der Waals surface area contributed by atoms with Crippen molar-refractivity contribution in [1.82, 2.24) is 0 Å². The predicted molar refractivity (Wildman–Crippen MR) is 63.0 cm³/mol. The third-order valence-electron chi connectivity index (χ3n) is 2.47. The van der Waals surface area contributed by atoms with E-state index < -0.39 is 23.7 Å². The number of carbonyl (C=O) groups excluding carboxylic acids is 1. The molecule has 2 rings (SSSR count). The van der Waals surface area contributed by atoms with Crippen molar-refractivity contribution in [2.75, 3.05) is 0 Å². The lowest BCUT2D eigenvalue weighted by Crippen LogP contribution is -2.17. The maximum atomic E-state index is 13.4. The molecule has 0 N–H and O–H groups in total. The van der Waals surface area contributed by atoms with Gasteiger partial charge < -0.3 is 4.74 Å². The molecule has 0 amide bonds. The van der Waals surface area contributed by atoms with Gasteiger partial charge in [-0.1, -0.05) is 12.1 Å². The average Bonchev–Trinajstić information content (AvgIpc) is 2.37. The van der Waals surface area contributed by atoms with Crippen molar-refractivity contribution in [2.24, 2.45) is 0 Å². The molecular weight excluding hydrogens is 276 g/mol. The van der Waals surface area contributed by atoms with Gasteiger partial charge in [-0.15, -0.1) is 13.2 Å². The highest BCUT2D eigenvalue weighted by atomic mass is 19.4. The summed E-state index contributed by atoms with van der Waals surface area (Å²) in [6.07, 6.45) is -4.79. The number of ether oxygens (including phenoxy) is 1. The number of benzene rings is 2. The van der Waals surface area contributed by atoms with E-state index in [2.05, 4.69) is 4.74 Å². The Bertz CT molecular complexity index is 618. The first-order chi connectivity index (χ1) is 9.37. The summed E-state index contributed by atoms with van der Waals surface area (Å²) in [5.41, 5.74) is -0.0679. The Kier molecular flexibility index (Phi) is 3.74. The Labute approximate surface area is 111 Å². The summed E-state index contributed by atoms with van der Waals surface area (Å²) in [7, 11) is 0. The van der Waals surface area contributed by atoms with Crippen LogP contribution in [0.4, 0.5) is 17.6 Å². The first kappa shape index (κ1) is 14.0. The minimum atomic E-state index is -4.79. The van der Waals surface area contributed by atoms with Crippen LogP contribution in [0.3, 0.4) is 0 Å². The fourth-order valence-corrected chi connectivity index (χ4v) is 1.61. The Hall–Kier alpha value is -2.37. The number of rotatable bonds is 3. The SMILES string of the molecule is O=C(c1ccc(OC(F)(F)F)cc1)c1ccccc1F. The van der Waals surface area contributed by atoms with Gasteiger partial charge in [0.1, 0.15) is 11.6 Å². The van der Waals surface area contributed by atoms with Crippen LogP contribution < -0.4 is 4.74 Å². The highest BCUT2D eigenvalue weighted by Gasteiger charge is 2.31. The summed E-state index contributed by atoms with van der Waals surface area (Å²) in [4.78, 5) is 12.0. The van der Waals surface area contributed by atoms with Crippen LogP contribution in [0.2, 0.25) is 0 Å². The Morgan fingerprint density at radius 3 is 2.10 bits per heavy atom. The van der Waals surface area contributed by atoms with Crippen molar-refractivity contribution < 1.29 is 27.1 Å². The van der Waals surface area contributed by atoms with Gasteiger partial charge in [-0.05, 0) is 36.4 Å². The molecule has 0 aliphatic heterocycles. The second-order valence-electron chi connectivity index (χ2n) is 3.88. The molecule has 0 fully saturated rings. The molecule has 0 saturated heterocycles. The molecule has 0 aliphatic carbocycles. The molecule has 0 bridgehead atoms. The van der Waals surface area contributed by atoms with Crippen molar-refractivity contribution in [3.8, 4) is 5.75 Å². The zero-order valence-electron chi connectivity index (χ0n) is 9.95. The first-order valence-electron chi connectivity index (χ1n) is 5.52. The molecule has 0 spiro atoms. The van der Waals surface area contributed by atoms with Crippen molar-refractivity contribution in [3.05, 3.63) is 65.5 Å². The van der Waals surface area contributed by atoms with Crippen LogP contribution in [-0.4, -0.2) is 12.1 Å². The van der Waals surface area contributed by atoms with Gasteiger partial charge in [0.05, 0.1) is 5.56 Å². The van der Waals surface area contributed by atoms with Gasteiger partial charge in [0.2, 0.25) is 0 Å². The monoisotopic (exact) mass is 284 g/mol. The molecule has 0 radical (unpaired) electrons. The average molecular weight is 284 g/mol. The lowest BCUT2D eigenvalue weighted by molar-refractivity contribution is -0.274. The summed E-state index contributed by atoms with van der Waals surface area (Å²) >= 11 is 0. The molecule has 0 atom stereocenters. The predicted octanol–water partition coefficient (Wildman–Crippen LogP) is 3.96. The minimum absolute atomic E-state index is 0.0737. The van der Waals surface area contributed by atoms with Gasteiger partial charge in [0.25, 0.3) is 0 Å². The van der Waals surface area contributed by atoms with Crippen LogP contribution >= 0.6 is 0 Å². The molecule has 2 nitrogen and oxygen atoms in total. The number of hydrogen-bond donors (Lipinski definition) is 0. The summed E-state index contributed by atoms with van der Waals surface area (Å²) in [5, 5.41) is 0. The van der Waals surface area contributed by atoms with Gasteiger partial charge in [0, 0.05) is 5.56 Å². The Morgan fingerprint density at radius 1 is 0.950 bits per heavy atom.